The van der Waals surface area contributed by atoms with Crippen LogP contribution in [0.4, 0.5) is 10.5 Å². The van der Waals surface area contributed by atoms with Gasteiger partial charge in [-0.3, -0.25) is 4.79 Å². The Morgan fingerprint density at radius 2 is 1.94 bits per heavy atom. The van der Waals surface area contributed by atoms with Gasteiger partial charge in [0.2, 0.25) is 5.76 Å². The van der Waals surface area contributed by atoms with Crippen molar-refractivity contribution >= 4 is 17.6 Å². The SMILES string of the molecule is Cc1cccc(CNC(=O)n2nc(-c3ccc(NC(=O)c4ccno4)cc3O)cc2C2CCCC2)c1. The van der Waals surface area contributed by atoms with E-state index in [2.05, 4.69) is 20.9 Å². The number of aryl methyl sites for hydroxylation is 1. The van der Waals surface area contributed by atoms with Crippen molar-refractivity contribution in [2.24, 2.45) is 0 Å². The summed E-state index contributed by atoms with van der Waals surface area (Å²) in [6.07, 6.45) is 5.59. The van der Waals surface area contributed by atoms with Gasteiger partial charge in [0.1, 0.15) is 5.75 Å². The molecule has 0 aliphatic heterocycles. The second-order valence-electron chi connectivity index (χ2n) is 9.06. The fourth-order valence-electron chi connectivity index (χ4n) is 4.63. The summed E-state index contributed by atoms with van der Waals surface area (Å²) in [6, 6.07) is 15.8. The Morgan fingerprint density at radius 3 is 2.67 bits per heavy atom. The van der Waals surface area contributed by atoms with Gasteiger partial charge in [-0.05, 0) is 43.5 Å². The molecule has 3 N–H and O–H groups in total. The first-order valence-electron chi connectivity index (χ1n) is 12.0. The first kappa shape index (κ1) is 23.3. The molecule has 1 fully saturated rings. The molecule has 1 saturated carbocycles. The molecule has 2 amide bonds. The van der Waals surface area contributed by atoms with Crippen LogP contribution in [0.25, 0.3) is 11.3 Å². The number of nitrogens with zero attached hydrogens (tertiary/aromatic N) is 3. The van der Waals surface area contributed by atoms with Crippen molar-refractivity contribution in [2.75, 3.05) is 5.32 Å². The minimum absolute atomic E-state index is 0.0619. The quantitative estimate of drug-likeness (QED) is 0.344. The first-order chi connectivity index (χ1) is 17.5. The van der Waals surface area contributed by atoms with Gasteiger partial charge >= 0.3 is 6.03 Å². The minimum atomic E-state index is -0.474. The molecule has 0 radical (unpaired) electrons. The molecular weight excluding hydrogens is 458 g/mol. The number of anilines is 1. The zero-order valence-electron chi connectivity index (χ0n) is 19.9. The van der Waals surface area contributed by atoms with Gasteiger partial charge in [-0.1, -0.05) is 47.8 Å². The van der Waals surface area contributed by atoms with Crippen molar-refractivity contribution in [3.05, 3.63) is 83.4 Å². The summed E-state index contributed by atoms with van der Waals surface area (Å²) in [4.78, 5) is 25.4. The topological polar surface area (TPSA) is 122 Å². The molecule has 0 saturated heterocycles. The molecule has 184 valence electrons. The van der Waals surface area contributed by atoms with Gasteiger partial charge in [-0.25, -0.2) is 4.79 Å². The van der Waals surface area contributed by atoms with E-state index in [4.69, 9.17) is 4.52 Å². The Kier molecular flexibility index (Phi) is 6.53. The third-order valence-electron chi connectivity index (χ3n) is 6.42. The third-order valence-corrected chi connectivity index (χ3v) is 6.42. The van der Waals surface area contributed by atoms with Crippen LogP contribution < -0.4 is 10.6 Å². The van der Waals surface area contributed by atoms with Crippen LogP contribution in [0, 0.1) is 6.92 Å². The minimum Gasteiger partial charge on any atom is -0.507 e. The van der Waals surface area contributed by atoms with Crippen LogP contribution in [0.15, 0.2) is 65.3 Å². The molecule has 36 heavy (non-hydrogen) atoms. The number of rotatable bonds is 6. The highest BCUT2D eigenvalue weighted by molar-refractivity contribution is 6.02. The lowest BCUT2D eigenvalue weighted by molar-refractivity contribution is 0.0988. The zero-order chi connectivity index (χ0) is 25.1. The highest BCUT2D eigenvalue weighted by Gasteiger charge is 2.26. The van der Waals surface area contributed by atoms with Crippen LogP contribution in [0.3, 0.4) is 0 Å². The second-order valence-corrected chi connectivity index (χ2v) is 9.06. The van der Waals surface area contributed by atoms with E-state index in [0.717, 1.165) is 42.5 Å². The van der Waals surface area contributed by atoms with Crippen LogP contribution in [0.2, 0.25) is 0 Å². The van der Waals surface area contributed by atoms with E-state index >= 15 is 0 Å². The van der Waals surface area contributed by atoms with E-state index < -0.39 is 5.91 Å². The summed E-state index contributed by atoms with van der Waals surface area (Å²) in [5.41, 5.74) is 4.34. The van der Waals surface area contributed by atoms with Crippen LogP contribution in [-0.2, 0) is 6.54 Å². The first-order valence-corrected chi connectivity index (χ1v) is 12.0. The summed E-state index contributed by atoms with van der Waals surface area (Å²) in [6.45, 7) is 2.41. The Balaban J connectivity index is 1.39. The van der Waals surface area contributed by atoms with Gasteiger partial charge in [0.15, 0.2) is 0 Å². The summed E-state index contributed by atoms with van der Waals surface area (Å²) < 4.78 is 6.29. The summed E-state index contributed by atoms with van der Waals surface area (Å²) in [7, 11) is 0. The molecule has 2 aromatic heterocycles. The van der Waals surface area contributed by atoms with Gasteiger partial charge in [-0.15, -0.1) is 0 Å². The number of hydrogen-bond donors (Lipinski definition) is 3. The van der Waals surface area contributed by atoms with Gasteiger partial charge in [0.05, 0.1) is 17.6 Å². The number of benzene rings is 2. The molecule has 9 nitrogen and oxygen atoms in total. The Hall–Kier alpha value is -4.40. The fourth-order valence-corrected chi connectivity index (χ4v) is 4.63. The van der Waals surface area contributed by atoms with E-state index in [-0.39, 0.29) is 23.5 Å². The van der Waals surface area contributed by atoms with E-state index in [9.17, 15) is 14.7 Å². The summed E-state index contributed by atoms with van der Waals surface area (Å²) >= 11 is 0. The predicted octanol–water partition coefficient (Wildman–Crippen LogP) is 5.22. The number of phenolic OH excluding ortho intramolecular Hbond substituents is 1. The number of aromatic nitrogens is 3. The molecular formula is C27H27N5O4. The second kappa shape index (κ2) is 10.1. The van der Waals surface area contributed by atoms with Crippen molar-refractivity contribution < 1.29 is 19.2 Å². The average molecular weight is 486 g/mol. The smallest absolute Gasteiger partial charge is 0.342 e. The number of aromatic hydroxyl groups is 1. The lowest BCUT2D eigenvalue weighted by Gasteiger charge is -2.12. The van der Waals surface area contributed by atoms with Crippen molar-refractivity contribution in [3.8, 4) is 17.0 Å². The number of carbonyl (C=O) groups is 2. The van der Waals surface area contributed by atoms with E-state index in [1.165, 1.54) is 23.0 Å². The highest BCUT2D eigenvalue weighted by Crippen LogP contribution is 2.38. The largest absolute Gasteiger partial charge is 0.507 e. The van der Waals surface area contributed by atoms with Crippen molar-refractivity contribution in [1.82, 2.24) is 20.3 Å². The van der Waals surface area contributed by atoms with Crippen LogP contribution in [-0.4, -0.2) is 32.0 Å². The monoisotopic (exact) mass is 485 g/mol. The van der Waals surface area contributed by atoms with Crippen molar-refractivity contribution in [3.63, 3.8) is 0 Å². The zero-order valence-corrected chi connectivity index (χ0v) is 19.9. The number of carbonyl (C=O) groups excluding carboxylic acids is 2. The Bertz CT molecular complexity index is 1390. The van der Waals surface area contributed by atoms with Crippen molar-refractivity contribution in [1.29, 1.82) is 0 Å². The van der Waals surface area contributed by atoms with Gasteiger partial charge in [-0.2, -0.15) is 9.78 Å². The molecule has 1 aliphatic rings. The van der Waals surface area contributed by atoms with E-state index in [1.807, 2.05) is 37.3 Å². The van der Waals surface area contributed by atoms with Crippen molar-refractivity contribution in [2.45, 2.75) is 45.1 Å². The Morgan fingerprint density at radius 1 is 1.11 bits per heavy atom. The lowest BCUT2D eigenvalue weighted by atomic mass is 10.0. The van der Waals surface area contributed by atoms with E-state index in [0.29, 0.717) is 23.5 Å². The lowest BCUT2D eigenvalue weighted by Crippen LogP contribution is -2.30. The summed E-state index contributed by atoms with van der Waals surface area (Å²) in [5.74, 6) is -0.236. The van der Waals surface area contributed by atoms with Crippen LogP contribution >= 0.6 is 0 Å². The maximum Gasteiger partial charge on any atom is 0.342 e. The predicted molar refractivity (Wildman–Crippen MR) is 134 cm³/mol. The number of phenols is 1. The maximum atomic E-state index is 13.2. The Labute approximate surface area is 208 Å². The molecule has 0 atom stereocenters. The number of hydrogen-bond acceptors (Lipinski definition) is 6. The molecule has 2 aromatic carbocycles. The van der Waals surface area contributed by atoms with Gasteiger partial charge in [0.25, 0.3) is 5.91 Å². The molecule has 9 heteroatoms. The third kappa shape index (κ3) is 5.00. The fraction of sp³-hybridized carbons (Fsp3) is 0.259. The summed E-state index contributed by atoms with van der Waals surface area (Å²) in [5, 5.41) is 24.5. The number of amides is 2. The van der Waals surface area contributed by atoms with Gasteiger partial charge < -0.3 is 20.3 Å². The van der Waals surface area contributed by atoms with Crippen LogP contribution in [0.5, 0.6) is 5.75 Å². The normalized spacial score (nSPS) is 13.6. The standard InChI is InChI=1S/C27H27N5O4/c1-17-5-4-6-18(13-17)16-28-27(35)32-23(19-7-2-3-8-19)15-22(31-32)21-10-9-20(14-24(21)33)30-26(34)25-11-12-29-36-25/h4-6,9-15,19,33H,2-3,7-8,16H2,1H3,(H,28,35)(H,30,34). The maximum absolute atomic E-state index is 13.2. The van der Waals surface area contributed by atoms with Crippen LogP contribution in [0.1, 0.15) is 59.0 Å². The molecule has 1 aliphatic carbocycles. The molecule has 0 bridgehead atoms. The molecule has 0 unspecified atom stereocenters. The molecule has 5 rings (SSSR count). The van der Waals surface area contributed by atoms with E-state index in [1.54, 1.807) is 12.1 Å². The molecule has 0 spiro atoms. The average Bonchev–Trinajstić information content (AvgIpc) is 3.64. The highest BCUT2D eigenvalue weighted by atomic mass is 16.5. The molecule has 2 heterocycles. The van der Waals surface area contributed by atoms with Gasteiger partial charge in [0, 0.05) is 35.8 Å². The number of nitrogens with one attached hydrogen (secondary N) is 2. The molecule has 4 aromatic rings.